The summed E-state index contributed by atoms with van der Waals surface area (Å²) in [7, 11) is 0. The fourth-order valence-corrected chi connectivity index (χ4v) is 2.17. The van der Waals surface area contributed by atoms with Crippen molar-refractivity contribution < 1.29 is 9.59 Å². The SMILES string of the molecule is CC(=O)CC1CCCCN1C(=O)C(C)C. The van der Waals surface area contributed by atoms with Crippen molar-refractivity contribution in [3.8, 4) is 0 Å². The molecule has 3 nitrogen and oxygen atoms in total. The van der Waals surface area contributed by atoms with Crippen LogP contribution in [0.2, 0.25) is 0 Å². The van der Waals surface area contributed by atoms with E-state index in [1.54, 1.807) is 6.92 Å². The lowest BCUT2D eigenvalue weighted by atomic mass is 9.96. The van der Waals surface area contributed by atoms with Gasteiger partial charge in [0.15, 0.2) is 0 Å². The van der Waals surface area contributed by atoms with E-state index in [2.05, 4.69) is 0 Å². The van der Waals surface area contributed by atoms with Gasteiger partial charge in [-0.1, -0.05) is 13.8 Å². The molecule has 0 radical (unpaired) electrons. The van der Waals surface area contributed by atoms with Gasteiger partial charge in [0.25, 0.3) is 0 Å². The molecule has 1 saturated heterocycles. The van der Waals surface area contributed by atoms with Crippen molar-refractivity contribution in [1.82, 2.24) is 4.90 Å². The number of amides is 1. The standard InChI is InChI=1S/C12H21NO2/c1-9(2)12(15)13-7-5-4-6-11(13)8-10(3)14/h9,11H,4-8H2,1-3H3. The second-order valence-electron chi connectivity index (χ2n) is 4.74. The first-order valence-corrected chi connectivity index (χ1v) is 5.82. The van der Waals surface area contributed by atoms with Crippen molar-refractivity contribution in [2.24, 2.45) is 5.92 Å². The van der Waals surface area contributed by atoms with Crippen molar-refractivity contribution in [3.05, 3.63) is 0 Å². The minimum absolute atomic E-state index is 0.0394. The first-order valence-electron chi connectivity index (χ1n) is 5.82. The van der Waals surface area contributed by atoms with E-state index in [1.165, 1.54) is 0 Å². The second kappa shape index (κ2) is 5.29. The molecule has 0 aromatic rings. The number of hydrogen-bond donors (Lipinski definition) is 0. The molecule has 1 fully saturated rings. The predicted molar refractivity (Wildman–Crippen MR) is 59.5 cm³/mol. The predicted octanol–water partition coefficient (Wildman–Crippen LogP) is 2.00. The van der Waals surface area contributed by atoms with Gasteiger partial charge in [-0.05, 0) is 26.2 Å². The lowest BCUT2D eigenvalue weighted by molar-refractivity contribution is -0.139. The molecule has 0 bridgehead atoms. The van der Waals surface area contributed by atoms with Gasteiger partial charge in [0.2, 0.25) is 5.91 Å². The van der Waals surface area contributed by atoms with Gasteiger partial charge < -0.3 is 4.90 Å². The first-order chi connectivity index (χ1) is 7.02. The summed E-state index contributed by atoms with van der Waals surface area (Å²) in [6.45, 7) is 6.27. The Balaban J connectivity index is 2.65. The Morgan fingerprint density at radius 1 is 1.33 bits per heavy atom. The second-order valence-corrected chi connectivity index (χ2v) is 4.74. The third kappa shape index (κ3) is 3.33. The molecule has 0 N–H and O–H groups in total. The molecule has 1 rings (SSSR count). The van der Waals surface area contributed by atoms with Gasteiger partial charge in [0.05, 0.1) is 0 Å². The summed E-state index contributed by atoms with van der Waals surface area (Å²) in [6, 6.07) is 0.158. The molecule has 0 saturated carbocycles. The van der Waals surface area contributed by atoms with Gasteiger partial charge in [-0.2, -0.15) is 0 Å². The molecule has 0 aliphatic carbocycles. The Labute approximate surface area is 91.8 Å². The summed E-state index contributed by atoms with van der Waals surface area (Å²) in [5, 5.41) is 0. The van der Waals surface area contributed by atoms with Crippen molar-refractivity contribution in [1.29, 1.82) is 0 Å². The van der Waals surface area contributed by atoms with Gasteiger partial charge in [0.1, 0.15) is 5.78 Å². The summed E-state index contributed by atoms with van der Waals surface area (Å²) in [6.07, 6.45) is 3.73. The number of carbonyl (C=O) groups excluding carboxylic acids is 2. The highest BCUT2D eigenvalue weighted by Crippen LogP contribution is 2.21. The van der Waals surface area contributed by atoms with E-state index in [4.69, 9.17) is 0 Å². The zero-order valence-electron chi connectivity index (χ0n) is 9.95. The van der Waals surface area contributed by atoms with Crippen LogP contribution in [-0.2, 0) is 9.59 Å². The molecule has 1 aliphatic heterocycles. The minimum atomic E-state index is 0.0394. The minimum Gasteiger partial charge on any atom is -0.339 e. The van der Waals surface area contributed by atoms with Crippen LogP contribution in [0.1, 0.15) is 46.5 Å². The molecule has 0 aromatic carbocycles. The number of Topliss-reactive ketones (excluding diaryl/α,β-unsaturated/α-hetero) is 1. The van der Waals surface area contributed by atoms with E-state index in [0.29, 0.717) is 6.42 Å². The lowest BCUT2D eigenvalue weighted by Gasteiger charge is -2.36. The van der Waals surface area contributed by atoms with E-state index < -0.39 is 0 Å². The lowest BCUT2D eigenvalue weighted by Crippen LogP contribution is -2.46. The van der Waals surface area contributed by atoms with Crippen molar-refractivity contribution in [2.45, 2.75) is 52.5 Å². The van der Waals surface area contributed by atoms with Crippen LogP contribution >= 0.6 is 0 Å². The highest BCUT2D eigenvalue weighted by Gasteiger charge is 2.28. The van der Waals surface area contributed by atoms with E-state index in [-0.39, 0.29) is 23.7 Å². The smallest absolute Gasteiger partial charge is 0.225 e. The molecular weight excluding hydrogens is 190 g/mol. The number of rotatable bonds is 3. The van der Waals surface area contributed by atoms with Gasteiger partial charge in [-0.3, -0.25) is 9.59 Å². The maximum Gasteiger partial charge on any atom is 0.225 e. The monoisotopic (exact) mass is 211 g/mol. The number of hydrogen-bond acceptors (Lipinski definition) is 2. The molecule has 0 aromatic heterocycles. The summed E-state index contributed by atoms with van der Waals surface area (Å²) in [5.41, 5.74) is 0. The van der Waals surface area contributed by atoms with Crippen molar-refractivity contribution >= 4 is 11.7 Å². The number of likely N-dealkylation sites (tertiary alicyclic amines) is 1. The van der Waals surface area contributed by atoms with Gasteiger partial charge in [0, 0.05) is 24.9 Å². The molecule has 1 unspecified atom stereocenters. The van der Waals surface area contributed by atoms with Crippen LogP contribution < -0.4 is 0 Å². The van der Waals surface area contributed by atoms with Crippen LogP contribution in [0.15, 0.2) is 0 Å². The third-order valence-electron chi connectivity index (χ3n) is 2.93. The van der Waals surface area contributed by atoms with Crippen LogP contribution in [0.3, 0.4) is 0 Å². The van der Waals surface area contributed by atoms with E-state index >= 15 is 0 Å². The quantitative estimate of drug-likeness (QED) is 0.716. The Kier molecular flexibility index (Phi) is 4.30. The van der Waals surface area contributed by atoms with Crippen LogP contribution in [0, 0.1) is 5.92 Å². The summed E-state index contributed by atoms with van der Waals surface area (Å²) >= 11 is 0. The van der Waals surface area contributed by atoms with Gasteiger partial charge >= 0.3 is 0 Å². The van der Waals surface area contributed by atoms with E-state index in [1.807, 2.05) is 18.7 Å². The fourth-order valence-electron chi connectivity index (χ4n) is 2.17. The zero-order valence-corrected chi connectivity index (χ0v) is 9.95. The number of carbonyl (C=O) groups is 2. The maximum absolute atomic E-state index is 11.9. The first kappa shape index (κ1) is 12.2. The van der Waals surface area contributed by atoms with Gasteiger partial charge in [-0.25, -0.2) is 0 Å². The van der Waals surface area contributed by atoms with Gasteiger partial charge in [-0.15, -0.1) is 0 Å². The number of ketones is 1. The van der Waals surface area contributed by atoms with E-state index in [0.717, 1.165) is 25.8 Å². The molecule has 1 amide bonds. The molecule has 3 heteroatoms. The van der Waals surface area contributed by atoms with Crippen LogP contribution in [-0.4, -0.2) is 29.2 Å². The molecule has 86 valence electrons. The highest BCUT2D eigenvalue weighted by molar-refractivity contribution is 5.80. The Morgan fingerprint density at radius 2 is 2.00 bits per heavy atom. The third-order valence-corrected chi connectivity index (χ3v) is 2.93. The maximum atomic E-state index is 11.9. The molecule has 1 atom stereocenters. The highest BCUT2D eigenvalue weighted by atomic mass is 16.2. The topological polar surface area (TPSA) is 37.4 Å². The molecule has 1 heterocycles. The number of nitrogens with zero attached hydrogens (tertiary/aromatic N) is 1. The molecule has 15 heavy (non-hydrogen) atoms. The van der Waals surface area contributed by atoms with Crippen LogP contribution in [0.25, 0.3) is 0 Å². The zero-order chi connectivity index (χ0) is 11.4. The van der Waals surface area contributed by atoms with Crippen LogP contribution in [0.5, 0.6) is 0 Å². The molecular formula is C12H21NO2. The van der Waals surface area contributed by atoms with Crippen molar-refractivity contribution in [2.75, 3.05) is 6.54 Å². The summed E-state index contributed by atoms with van der Waals surface area (Å²) in [4.78, 5) is 24.9. The normalized spacial score (nSPS) is 21.9. The van der Waals surface area contributed by atoms with E-state index in [9.17, 15) is 9.59 Å². The number of piperidine rings is 1. The summed E-state index contributed by atoms with van der Waals surface area (Å²) < 4.78 is 0. The molecule has 0 spiro atoms. The average Bonchev–Trinajstić information content (AvgIpc) is 2.16. The summed E-state index contributed by atoms with van der Waals surface area (Å²) in [5.74, 6) is 0.418. The van der Waals surface area contributed by atoms with Crippen LogP contribution in [0.4, 0.5) is 0 Å². The fraction of sp³-hybridized carbons (Fsp3) is 0.833. The Hall–Kier alpha value is -0.860. The molecule has 1 aliphatic rings. The Morgan fingerprint density at radius 3 is 2.53 bits per heavy atom. The van der Waals surface area contributed by atoms with Crippen molar-refractivity contribution in [3.63, 3.8) is 0 Å². The Bertz CT molecular complexity index is 248. The largest absolute Gasteiger partial charge is 0.339 e. The average molecular weight is 211 g/mol.